The first kappa shape index (κ1) is 12.5. The van der Waals surface area contributed by atoms with E-state index in [-0.39, 0.29) is 16.7 Å². The van der Waals surface area contributed by atoms with E-state index >= 15 is 0 Å². The van der Waals surface area contributed by atoms with Crippen LogP contribution < -0.4 is 5.73 Å². The van der Waals surface area contributed by atoms with Crippen molar-refractivity contribution in [3.63, 3.8) is 0 Å². The molecular formula is C10H10F3NO2. The summed E-state index contributed by atoms with van der Waals surface area (Å²) in [6.07, 6.45) is -4.58. The van der Waals surface area contributed by atoms with Crippen molar-refractivity contribution in [3.05, 3.63) is 34.9 Å². The minimum atomic E-state index is -4.58. The molecule has 0 heterocycles. The Morgan fingerprint density at radius 3 is 2.44 bits per heavy atom. The Labute approximate surface area is 89.7 Å². The van der Waals surface area contributed by atoms with Gasteiger partial charge in [0, 0.05) is 0 Å². The maximum Gasteiger partial charge on any atom is 0.407 e. The van der Waals surface area contributed by atoms with Crippen molar-refractivity contribution in [2.75, 3.05) is 0 Å². The van der Waals surface area contributed by atoms with Gasteiger partial charge < -0.3 is 10.8 Å². The van der Waals surface area contributed by atoms with Gasteiger partial charge in [-0.1, -0.05) is 12.1 Å². The lowest BCUT2D eigenvalue weighted by Crippen LogP contribution is -2.29. The van der Waals surface area contributed by atoms with Crippen LogP contribution in [0, 0.1) is 6.92 Å². The van der Waals surface area contributed by atoms with Gasteiger partial charge in [-0.2, -0.15) is 13.2 Å². The smallest absolute Gasteiger partial charge is 0.407 e. The summed E-state index contributed by atoms with van der Waals surface area (Å²) in [5, 5.41) is 8.75. The number of nitrogens with two attached hydrogens (primary N) is 1. The van der Waals surface area contributed by atoms with Crippen LogP contribution in [0.5, 0.6) is 0 Å². The summed E-state index contributed by atoms with van der Waals surface area (Å²) in [6.45, 7) is 1.31. The number of alkyl halides is 3. The molecule has 88 valence electrons. The highest BCUT2D eigenvalue weighted by atomic mass is 19.4. The van der Waals surface area contributed by atoms with Crippen LogP contribution in [0.15, 0.2) is 18.2 Å². The summed E-state index contributed by atoms with van der Waals surface area (Å²) in [6, 6.07) is 1.51. The summed E-state index contributed by atoms with van der Waals surface area (Å²) in [4.78, 5) is 10.7. The van der Waals surface area contributed by atoms with E-state index in [1.54, 1.807) is 0 Å². The van der Waals surface area contributed by atoms with Crippen LogP contribution in [-0.2, 0) is 0 Å². The molecule has 0 aromatic heterocycles. The van der Waals surface area contributed by atoms with E-state index in [0.717, 1.165) is 0 Å². The normalized spacial score (nSPS) is 13.6. The van der Waals surface area contributed by atoms with E-state index in [2.05, 4.69) is 0 Å². The van der Waals surface area contributed by atoms with E-state index in [1.165, 1.54) is 25.1 Å². The molecule has 0 fully saturated rings. The second kappa shape index (κ2) is 4.13. The molecule has 0 amide bonds. The predicted molar refractivity (Wildman–Crippen MR) is 51.1 cm³/mol. The molecule has 1 aromatic rings. The summed E-state index contributed by atoms with van der Waals surface area (Å²) < 4.78 is 37.1. The van der Waals surface area contributed by atoms with E-state index in [4.69, 9.17) is 10.8 Å². The number of aromatic carboxylic acids is 1. The maximum absolute atomic E-state index is 12.4. The highest BCUT2D eigenvalue weighted by molar-refractivity contribution is 5.89. The quantitative estimate of drug-likeness (QED) is 0.823. The lowest BCUT2D eigenvalue weighted by Gasteiger charge is -2.18. The number of carbonyl (C=O) groups is 1. The van der Waals surface area contributed by atoms with Crippen LogP contribution in [0.2, 0.25) is 0 Å². The molecule has 1 aromatic carbocycles. The minimum Gasteiger partial charge on any atom is -0.478 e. The first-order valence-electron chi connectivity index (χ1n) is 4.40. The van der Waals surface area contributed by atoms with E-state index in [9.17, 15) is 18.0 Å². The molecule has 6 heteroatoms. The Kier molecular flexibility index (Phi) is 3.23. The van der Waals surface area contributed by atoms with Gasteiger partial charge in [-0.3, -0.25) is 0 Å². The Balaban J connectivity index is 3.26. The molecule has 3 nitrogen and oxygen atoms in total. The van der Waals surface area contributed by atoms with Crippen LogP contribution in [0.4, 0.5) is 13.2 Å². The first-order valence-corrected chi connectivity index (χ1v) is 4.40. The van der Waals surface area contributed by atoms with Gasteiger partial charge in [0.15, 0.2) is 0 Å². The molecule has 3 N–H and O–H groups in total. The van der Waals surface area contributed by atoms with Crippen molar-refractivity contribution in [3.8, 4) is 0 Å². The molecule has 0 bridgehead atoms. The van der Waals surface area contributed by atoms with Crippen molar-refractivity contribution in [1.29, 1.82) is 0 Å². The lowest BCUT2D eigenvalue weighted by atomic mass is 9.97. The highest BCUT2D eigenvalue weighted by Crippen LogP contribution is 2.32. The van der Waals surface area contributed by atoms with Crippen molar-refractivity contribution < 1.29 is 23.1 Å². The molecule has 0 aliphatic carbocycles. The van der Waals surface area contributed by atoms with Crippen molar-refractivity contribution in [1.82, 2.24) is 0 Å². The SMILES string of the molecule is Cc1c(C(=O)O)cccc1[C@H](N)C(F)(F)F. The van der Waals surface area contributed by atoms with Crippen molar-refractivity contribution >= 4 is 5.97 Å². The third kappa shape index (κ3) is 2.33. The van der Waals surface area contributed by atoms with Crippen molar-refractivity contribution in [2.45, 2.75) is 19.1 Å². The van der Waals surface area contributed by atoms with Gasteiger partial charge in [0.05, 0.1) is 5.56 Å². The maximum atomic E-state index is 12.4. The summed E-state index contributed by atoms with van der Waals surface area (Å²) in [5.41, 5.74) is 4.68. The van der Waals surface area contributed by atoms with Gasteiger partial charge in [-0.25, -0.2) is 4.79 Å². The summed E-state index contributed by atoms with van der Waals surface area (Å²) in [7, 11) is 0. The fraction of sp³-hybridized carbons (Fsp3) is 0.300. The topological polar surface area (TPSA) is 63.3 Å². The number of rotatable bonds is 2. The molecule has 1 atom stereocenters. The van der Waals surface area contributed by atoms with Gasteiger partial charge in [0.1, 0.15) is 6.04 Å². The van der Waals surface area contributed by atoms with Crippen molar-refractivity contribution in [2.24, 2.45) is 5.73 Å². The average molecular weight is 233 g/mol. The monoisotopic (exact) mass is 233 g/mol. The minimum absolute atomic E-state index is 0.0415. The molecular weight excluding hydrogens is 223 g/mol. The van der Waals surface area contributed by atoms with Gasteiger partial charge in [0.2, 0.25) is 0 Å². The summed E-state index contributed by atoms with van der Waals surface area (Å²) in [5.74, 6) is -1.27. The fourth-order valence-electron chi connectivity index (χ4n) is 1.40. The number of benzene rings is 1. The van der Waals surface area contributed by atoms with Crippen LogP contribution in [-0.4, -0.2) is 17.3 Å². The zero-order chi connectivity index (χ0) is 12.5. The Morgan fingerprint density at radius 2 is 2.00 bits per heavy atom. The zero-order valence-corrected chi connectivity index (χ0v) is 8.38. The van der Waals surface area contributed by atoms with Gasteiger partial charge >= 0.3 is 12.1 Å². The Morgan fingerprint density at radius 1 is 1.44 bits per heavy atom. The van der Waals surface area contributed by atoms with Crippen LogP contribution in [0.3, 0.4) is 0 Å². The molecule has 0 saturated heterocycles. The number of hydrogen-bond donors (Lipinski definition) is 2. The number of carboxylic acids is 1. The average Bonchev–Trinajstić information content (AvgIpc) is 2.15. The largest absolute Gasteiger partial charge is 0.478 e. The molecule has 0 saturated carbocycles. The molecule has 16 heavy (non-hydrogen) atoms. The molecule has 0 radical (unpaired) electrons. The Bertz CT molecular complexity index is 415. The standard InChI is InChI=1S/C10H10F3NO2/c1-5-6(8(14)10(11,12)13)3-2-4-7(5)9(15)16/h2-4,8H,14H2,1H3,(H,15,16)/t8-/m0/s1. The third-order valence-electron chi connectivity index (χ3n) is 2.29. The molecule has 0 aliphatic heterocycles. The van der Waals surface area contributed by atoms with E-state index < -0.39 is 18.2 Å². The molecule has 0 aliphatic rings. The molecule has 0 spiro atoms. The first-order chi connectivity index (χ1) is 7.25. The fourth-order valence-corrected chi connectivity index (χ4v) is 1.40. The zero-order valence-electron chi connectivity index (χ0n) is 8.38. The van der Waals surface area contributed by atoms with Gasteiger partial charge in [0.25, 0.3) is 0 Å². The van der Waals surface area contributed by atoms with Gasteiger partial charge in [-0.05, 0) is 24.1 Å². The van der Waals surface area contributed by atoms with Gasteiger partial charge in [-0.15, -0.1) is 0 Å². The lowest BCUT2D eigenvalue weighted by molar-refractivity contribution is -0.149. The number of halogens is 3. The predicted octanol–water partition coefficient (Wildman–Crippen LogP) is 2.26. The second-order valence-electron chi connectivity index (χ2n) is 3.34. The molecule has 0 unspecified atom stereocenters. The van der Waals surface area contributed by atoms with Crippen LogP contribution in [0.1, 0.15) is 27.5 Å². The van der Waals surface area contributed by atoms with Crippen LogP contribution in [0.25, 0.3) is 0 Å². The van der Waals surface area contributed by atoms with E-state index in [0.29, 0.717) is 0 Å². The number of carboxylic acid groups (broad SMARTS) is 1. The number of hydrogen-bond acceptors (Lipinski definition) is 2. The highest BCUT2D eigenvalue weighted by Gasteiger charge is 2.38. The Hall–Kier alpha value is -1.56. The van der Waals surface area contributed by atoms with E-state index in [1.807, 2.05) is 0 Å². The van der Waals surface area contributed by atoms with Crippen LogP contribution >= 0.6 is 0 Å². The summed E-state index contributed by atoms with van der Waals surface area (Å²) >= 11 is 0. The third-order valence-corrected chi connectivity index (χ3v) is 2.29. The second-order valence-corrected chi connectivity index (χ2v) is 3.34. The molecule has 1 rings (SSSR count).